The van der Waals surface area contributed by atoms with Crippen LogP contribution in [0.1, 0.15) is 326 Å². The van der Waals surface area contributed by atoms with Gasteiger partial charge in [0, 0.05) is 150 Å². The Bertz CT molecular complexity index is 6400. The van der Waals surface area contributed by atoms with Crippen molar-refractivity contribution in [3.8, 4) is 0 Å². The number of benzene rings is 3. The van der Waals surface area contributed by atoms with E-state index < -0.39 is 129 Å². The van der Waals surface area contributed by atoms with Gasteiger partial charge < -0.3 is 32.7 Å². The molecule has 0 radical (unpaired) electrons. The van der Waals surface area contributed by atoms with E-state index in [-0.39, 0.29) is 74.2 Å². The zero-order valence-electron chi connectivity index (χ0n) is 89.7. The molecule has 2 saturated heterocycles. The summed E-state index contributed by atoms with van der Waals surface area (Å²) in [6.07, 6.45) is -1.37. The largest absolute Gasteiger partial charge is 0.417 e. The summed E-state index contributed by atoms with van der Waals surface area (Å²) in [4.78, 5) is 4.53. The van der Waals surface area contributed by atoms with Gasteiger partial charge in [-0.15, -0.1) is 0 Å². The monoisotopic (exact) mass is 2230 g/mol. The molecule has 0 bridgehead atoms. The normalized spacial score (nSPS) is 14.9. The van der Waals surface area contributed by atoms with Crippen LogP contribution in [0.5, 0.6) is 0 Å². The van der Waals surface area contributed by atoms with E-state index in [2.05, 4.69) is 120 Å². The highest BCUT2D eigenvalue weighted by atomic mass is 35.5. The number of halogens is 9. The van der Waals surface area contributed by atoms with Gasteiger partial charge in [-0.05, 0) is 263 Å². The predicted molar refractivity (Wildman–Crippen MR) is 563 cm³/mol. The fourth-order valence-electron chi connectivity index (χ4n) is 14.9. The summed E-state index contributed by atoms with van der Waals surface area (Å²) in [6, 6.07) is 30.3. The molecule has 0 aliphatic carbocycles. The first-order valence-corrected chi connectivity index (χ1v) is 59.3. The minimum Gasteiger partial charge on any atom is -0.395 e. The van der Waals surface area contributed by atoms with E-state index in [4.69, 9.17) is 62.4 Å². The van der Waals surface area contributed by atoms with Crippen molar-refractivity contribution in [1.29, 1.82) is 0 Å². The maximum absolute atomic E-state index is 13.0. The van der Waals surface area contributed by atoms with Crippen molar-refractivity contribution in [3.05, 3.63) is 205 Å². The van der Waals surface area contributed by atoms with E-state index in [1.54, 1.807) is 110 Å². The molecule has 0 unspecified atom stereocenters. The van der Waals surface area contributed by atoms with Crippen molar-refractivity contribution in [2.45, 2.75) is 383 Å². The summed E-state index contributed by atoms with van der Waals surface area (Å²) < 4.78 is 256. The summed E-state index contributed by atoms with van der Waals surface area (Å²) >= 11 is 17.5. The molecule has 0 atom stereocenters. The lowest BCUT2D eigenvalue weighted by Crippen LogP contribution is -2.42. The van der Waals surface area contributed by atoms with Gasteiger partial charge in [-0.2, -0.15) is 31.4 Å². The Morgan fingerprint density at radius 3 is 1.02 bits per heavy atom. The molecule has 8 heterocycles. The van der Waals surface area contributed by atoms with Gasteiger partial charge in [-0.25, -0.2) is 50.5 Å². The molecule has 6 aromatic heterocycles. The van der Waals surface area contributed by atoms with Crippen molar-refractivity contribution >= 4 is 93.8 Å². The molecule has 2 fully saturated rings. The van der Waals surface area contributed by atoms with Crippen molar-refractivity contribution in [2.24, 2.45) is 13.0 Å². The topological polar surface area (TPSA) is 378 Å². The number of aryl methyl sites for hydroxylation is 7. The second kappa shape index (κ2) is 50.2. The van der Waals surface area contributed by atoms with Crippen molar-refractivity contribution in [1.82, 2.24) is 35.4 Å². The number of hydrogen-bond acceptors (Lipinski definition) is 25. The smallest absolute Gasteiger partial charge is 0.395 e. The van der Waals surface area contributed by atoms with Crippen LogP contribution in [0, 0.1) is 5.92 Å². The maximum Gasteiger partial charge on any atom is 0.417 e. The number of hydrogen-bond donors (Lipinski definition) is 1. The summed E-state index contributed by atoms with van der Waals surface area (Å²) in [7, 11) is -18.7. The summed E-state index contributed by atoms with van der Waals surface area (Å²) in [5.74, 6) is 2.68. The molecule has 146 heavy (non-hydrogen) atoms. The van der Waals surface area contributed by atoms with Crippen LogP contribution >= 0.6 is 34.8 Å². The quantitative estimate of drug-likeness (QED) is 0.0360. The van der Waals surface area contributed by atoms with Gasteiger partial charge >= 0.3 is 12.4 Å². The molecular formula is C105H154Cl3F6N7O19S6. The third kappa shape index (κ3) is 36.6. The lowest BCUT2D eigenvalue weighted by Gasteiger charge is -2.32. The van der Waals surface area contributed by atoms with Gasteiger partial charge in [-0.1, -0.05) is 152 Å². The highest BCUT2D eigenvalue weighted by Gasteiger charge is 2.45. The SMILES string of the molecule is CC(C)(C)c1cc(CCC(C)(C)S(=O)(=O)C2CCOCC2)on1.CC(C)(C)c1cc(CCC(C)(C)S(=O)(=O)CC2CCOCC2)on1.CC(C)(C)c1cc(CCC(C)(C)S(=O)(=O)c2ccc(Cl)cc2)on1.CC(C)(CCc1ccc(C(F)(F)F)cn1)S(=O)(=O)c1ccc(Cl)cc1.CC(C)(CO)c1cc(CCC(C)(C)S(=O)(=O)CCCC(F)(F)F)on1.Cn1nc(C(C)(C)C)cc1CCC(C)(C)S(=O)(=O)c1ccc(Cl)cc1. The zero-order chi connectivity index (χ0) is 111. The summed E-state index contributed by atoms with van der Waals surface area (Å²) in [5.41, 5.74) is 4.07. The van der Waals surface area contributed by atoms with Crippen molar-refractivity contribution in [3.63, 3.8) is 0 Å². The lowest BCUT2D eigenvalue weighted by molar-refractivity contribution is -0.138. The third-order valence-corrected chi connectivity index (χ3v) is 43.7. The highest BCUT2D eigenvalue weighted by Crippen LogP contribution is 2.40. The second-order valence-electron chi connectivity index (χ2n) is 46.1. The van der Waals surface area contributed by atoms with E-state index in [0.717, 1.165) is 65.1 Å². The van der Waals surface area contributed by atoms with Crippen LogP contribution < -0.4 is 0 Å². The van der Waals surface area contributed by atoms with Crippen molar-refractivity contribution < 1.29 is 110 Å². The molecular weight excluding hydrogens is 2080 g/mol. The number of alkyl halides is 6. The number of ether oxygens (including phenoxy) is 2. The molecule has 0 amide bonds. The van der Waals surface area contributed by atoms with Crippen LogP contribution in [0.3, 0.4) is 0 Å². The number of aliphatic hydroxyl groups excluding tert-OH is 1. The van der Waals surface area contributed by atoms with E-state index in [1.165, 1.54) is 44.2 Å². The molecule has 1 N–H and O–H groups in total. The maximum atomic E-state index is 13.0. The number of aromatic nitrogens is 7. The number of sulfone groups is 6. The molecule has 2 aliphatic heterocycles. The van der Waals surface area contributed by atoms with Crippen LogP contribution in [0.4, 0.5) is 26.3 Å². The number of rotatable bonds is 35. The van der Waals surface area contributed by atoms with Gasteiger partial charge in [0.25, 0.3) is 0 Å². The average molecular weight is 2230 g/mol. The minimum atomic E-state index is -4.44. The molecule has 9 aromatic rings. The zero-order valence-corrected chi connectivity index (χ0v) is 96.8. The molecule has 41 heteroatoms. The standard InChI is InChI=1S/C19H27ClN2O2S.C18H24ClNO3S.C18H31NO4S.C17H17ClF3NO2S.C17H29NO4S.C16H26F3NO4S/c1-18(2,3)17-13-15(22(6)21-17)11-12-19(4,5)25(23,24)16-9-7-14(20)8-10-16;1-17(2,3)16-12-14(23-20-16)10-11-18(4,5)24(21,22)15-8-6-13(19)7-9-15;1-17(2,3)16-12-15(23-19-16)6-9-18(4,5)24(20,21)13-14-7-10-22-11-8-14;1-16(2,25(23,24)15-7-4-13(18)5-8-15)10-9-14-6-3-12(11-22-14)17(19,20)21;1-16(2,3)15-12-13(22-18-15)6-9-17(4,5)23(19,20)14-7-10-21-11-8-14;1-14(2,11-21)13-10-12(24-20-13)6-8-15(3,4)25(22,23)9-5-7-16(17,18)19/h7-10,13H,11-12H2,1-6H3;6-9,12H,10-11H2,1-5H3;12,14H,6-11,13H2,1-5H3;3-8,11H,9-10H2,1-2H3;12,14H,6-11H2,1-5H3;10,21H,5-9,11H2,1-4H3. The fourth-order valence-corrected chi connectivity index (χ4v) is 25.2. The first-order chi connectivity index (χ1) is 66.5. The first kappa shape index (κ1) is 128. The van der Waals surface area contributed by atoms with Crippen LogP contribution in [-0.4, -0.2) is 175 Å². The Balaban J connectivity index is 0.000000268. The first-order valence-electron chi connectivity index (χ1n) is 48.9. The van der Waals surface area contributed by atoms with Crippen LogP contribution in [-0.2, 0) is 147 Å². The summed E-state index contributed by atoms with van der Waals surface area (Å²) in [6.45, 7) is 51.4. The Morgan fingerprint density at radius 2 is 0.699 bits per heavy atom. The van der Waals surface area contributed by atoms with E-state index >= 15 is 0 Å². The van der Waals surface area contributed by atoms with E-state index in [1.807, 2.05) is 57.6 Å². The molecule has 11 rings (SSSR count). The molecule has 3 aromatic carbocycles. The predicted octanol–water partition coefficient (Wildman–Crippen LogP) is 24.5. The van der Waals surface area contributed by atoms with Gasteiger partial charge in [0.2, 0.25) is 0 Å². The third-order valence-electron chi connectivity index (χ3n) is 26.7. The molecule has 26 nitrogen and oxygen atoms in total. The second-order valence-corrected chi connectivity index (χ2v) is 63.4. The van der Waals surface area contributed by atoms with Gasteiger partial charge in [0.15, 0.2) is 59.0 Å². The molecule has 822 valence electrons. The molecule has 0 spiro atoms. The Hall–Kier alpha value is -7.11. The number of aliphatic hydroxyl groups is 1. The fraction of sp³-hybridized carbons (Fsp3) is 0.638. The Morgan fingerprint density at radius 1 is 0.377 bits per heavy atom. The van der Waals surface area contributed by atoms with Crippen LogP contribution in [0.2, 0.25) is 15.1 Å². The van der Waals surface area contributed by atoms with Gasteiger partial charge in [-0.3, -0.25) is 9.67 Å². The lowest BCUT2D eigenvalue weighted by atomic mass is 9.90. The number of pyridine rings is 1. The van der Waals surface area contributed by atoms with Gasteiger partial charge in [0.1, 0.15) is 23.0 Å². The van der Waals surface area contributed by atoms with Crippen LogP contribution in [0.25, 0.3) is 0 Å². The van der Waals surface area contributed by atoms with E-state index in [9.17, 15) is 82.0 Å². The highest BCUT2D eigenvalue weighted by molar-refractivity contribution is 7.94. The average Bonchev–Trinajstić information content (AvgIpc) is 1.54. The number of nitrogens with zero attached hydrogens (tertiary/aromatic N) is 7. The summed E-state index contributed by atoms with van der Waals surface area (Å²) in [5, 5.41) is 31.3. The van der Waals surface area contributed by atoms with Crippen molar-refractivity contribution in [2.75, 3.05) is 44.5 Å². The van der Waals surface area contributed by atoms with E-state index in [0.29, 0.717) is 140 Å². The molecule has 2 aliphatic rings. The Kier molecular flexibility index (Phi) is 43.8. The Labute approximate surface area is 878 Å². The molecule has 0 saturated carbocycles. The minimum absolute atomic E-state index is 0.0269. The van der Waals surface area contributed by atoms with Crippen LogP contribution in [0.15, 0.2) is 154 Å². The van der Waals surface area contributed by atoms with Gasteiger partial charge in [0.05, 0.1) is 101 Å².